The average Bonchev–Trinajstić information content (AvgIpc) is 3.19. The van der Waals surface area contributed by atoms with Crippen LogP contribution in [0.3, 0.4) is 0 Å². The number of pyridine rings is 1. The number of aliphatic hydroxyl groups excluding tert-OH is 1. The van der Waals surface area contributed by atoms with E-state index >= 15 is 0 Å². The normalized spacial score (nSPS) is 12.5. The van der Waals surface area contributed by atoms with Crippen molar-refractivity contribution < 1.29 is 5.11 Å². The van der Waals surface area contributed by atoms with Crippen LogP contribution in [0, 0.1) is 11.3 Å². The first-order valence-electron chi connectivity index (χ1n) is 7.58. The highest BCUT2D eigenvalue weighted by atomic mass is 16.3. The van der Waals surface area contributed by atoms with E-state index in [-0.39, 0.29) is 12.3 Å². The Bertz CT molecular complexity index is 1190. The van der Waals surface area contributed by atoms with Gasteiger partial charge in [0.1, 0.15) is 5.52 Å². The number of hydrogen-bond acceptors (Lipinski definition) is 6. The van der Waals surface area contributed by atoms with Crippen molar-refractivity contribution in [3.63, 3.8) is 0 Å². The van der Waals surface area contributed by atoms with Crippen molar-refractivity contribution in [3.8, 4) is 17.5 Å². The van der Waals surface area contributed by atoms with Gasteiger partial charge in [-0.25, -0.2) is 19.3 Å². The number of hydrogen-bond donors (Lipinski definition) is 2. The van der Waals surface area contributed by atoms with Gasteiger partial charge in [0.15, 0.2) is 11.5 Å². The summed E-state index contributed by atoms with van der Waals surface area (Å²) in [5.74, 6) is 0.385. The number of rotatable bonds is 3. The van der Waals surface area contributed by atoms with Crippen LogP contribution in [-0.2, 0) is 0 Å². The number of aromatic amines is 1. The van der Waals surface area contributed by atoms with Gasteiger partial charge >= 0.3 is 5.69 Å². The minimum absolute atomic E-state index is 0.186. The smallest absolute Gasteiger partial charge is 0.328 e. The fourth-order valence-electron chi connectivity index (χ4n) is 2.76. The van der Waals surface area contributed by atoms with E-state index in [0.717, 1.165) is 0 Å². The van der Waals surface area contributed by atoms with Gasteiger partial charge in [-0.2, -0.15) is 10.4 Å². The maximum absolute atomic E-state index is 12.1. The van der Waals surface area contributed by atoms with Gasteiger partial charge in [0.25, 0.3) is 0 Å². The molecule has 0 aliphatic rings. The molecule has 4 heterocycles. The molecular weight excluding hydrogens is 322 g/mol. The molecule has 9 heteroatoms. The van der Waals surface area contributed by atoms with E-state index in [4.69, 9.17) is 5.26 Å². The summed E-state index contributed by atoms with van der Waals surface area (Å²) in [5, 5.41) is 22.7. The van der Waals surface area contributed by atoms with E-state index in [1.807, 2.05) is 0 Å². The Hall–Kier alpha value is -3.51. The summed E-state index contributed by atoms with van der Waals surface area (Å²) in [6, 6.07) is 5.05. The van der Waals surface area contributed by atoms with Crippen molar-refractivity contribution in [1.29, 1.82) is 5.26 Å². The van der Waals surface area contributed by atoms with Crippen LogP contribution in [0.4, 0.5) is 0 Å². The molecule has 0 aliphatic carbocycles. The first-order chi connectivity index (χ1) is 12.1. The van der Waals surface area contributed by atoms with Gasteiger partial charge in [0, 0.05) is 6.20 Å². The number of H-pyrrole nitrogens is 1. The van der Waals surface area contributed by atoms with E-state index < -0.39 is 6.04 Å². The molecule has 0 aromatic carbocycles. The van der Waals surface area contributed by atoms with Crippen molar-refractivity contribution >= 4 is 16.7 Å². The molecule has 0 saturated carbocycles. The Morgan fingerprint density at radius 1 is 1.44 bits per heavy atom. The van der Waals surface area contributed by atoms with Crippen molar-refractivity contribution in [2.24, 2.45) is 0 Å². The summed E-state index contributed by atoms with van der Waals surface area (Å²) in [5.41, 5.74) is 2.39. The van der Waals surface area contributed by atoms with Gasteiger partial charge in [-0.15, -0.1) is 0 Å². The lowest BCUT2D eigenvalue weighted by Crippen LogP contribution is -2.22. The van der Waals surface area contributed by atoms with E-state index in [9.17, 15) is 9.90 Å². The molecule has 9 nitrogen and oxygen atoms in total. The lowest BCUT2D eigenvalue weighted by atomic mass is 10.2. The number of aliphatic hydroxyl groups is 1. The van der Waals surface area contributed by atoms with Crippen molar-refractivity contribution in [1.82, 2.24) is 29.1 Å². The number of nitrogens with zero attached hydrogens (tertiary/aromatic N) is 6. The maximum atomic E-state index is 12.1. The molecule has 0 bridgehead atoms. The van der Waals surface area contributed by atoms with Crippen molar-refractivity contribution in [2.75, 3.05) is 6.61 Å². The summed E-state index contributed by atoms with van der Waals surface area (Å²) in [7, 11) is 0. The lowest BCUT2D eigenvalue weighted by molar-refractivity contribution is 0.238. The molecule has 2 N–H and O–H groups in total. The number of nitriles is 1. The summed E-state index contributed by atoms with van der Waals surface area (Å²) in [4.78, 5) is 23.6. The van der Waals surface area contributed by atoms with Crippen LogP contribution in [0.5, 0.6) is 0 Å². The van der Waals surface area contributed by atoms with Gasteiger partial charge in [-0.3, -0.25) is 4.57 Å². The molecule has 4 aromatic heterocycles. The molecule has 4 aromatic rings. The average molecular weight is 335 g/mol. The zero-order valence-electron chi connectivity index (χ0n) is 13.2. The molecular formula is C16H13N7O2. The van der Waals surface area contributed by atoms with Crippen LogP contribution in [0.1, 0.15) is 18.5 Å². The SMILES string of the molecule is C[C@H](CO)n1c(=O)[nH]c2cnc(-c3cnn4ccc(C#N)cc34)nc21. The Labute approximate surface area is 140 Å². The summed E-state index contributed by atoms with van der Waals surface area (Å²) in [6.07, 6.45) is 4.83. The predicted molar refractivity (Wildman–Crippen MR) is 88.8 cm³/mol. The third-order valence-electron chi connectivity index (χ3n) is 4.05. The molecule has 25 heavy (non-hydrogen) atoms. The standard InChI is InChI=1S/C16H13N7O2/c1-9(8-24)23-15-12(20-16(23)25)7-18-14(21-15)11-6-19-22-3-2-10(5-17)4-13(11)22/h2-4,6-7,9,24H,8H2,1H3,(H,20,25)/t9-/m1/s1. The molecule has 0 aliphatic heterocycles. The second-order valence-electron chi connectivity index (χ2n) is 5.68. The predicted octanol–water partition coefficient (Wildman–Crippen LogP) is 0.859. The second-order valence-corrected chi connectivity index (χ2v) is 5.68. The minimum Gasteiger partial charge on any atom is -0.394 e. The number of aromatic nitrogens is 6. The number of fused-ring (bicyclic) bond motifs is 2. The molecule has 0 saturated heterocycles. The van der Waals surface area contributed by atoms with Crippen LogP contribution in [0.25, 0.3) is 28.1 Å². The topological polar surface area (TPSA) is 125 Å². The Balaban J connectivity index is 1.96. The van der Waals surface area contributed by atoms with Crippen LogP contribution < -0.4 is 5.69 Å². The first kappa shape index (κ1) is 15.0. The lowest BCUT2D eigenvalue weighted by Gasteiger charge is -2.09. The van der Waals surface area contributed by atoms with Gasteiger partial charge in [-0.1, -0.05) is 0 Å². The monoisotopic (exact) mass is 335 g/mol. The van der Waals surface area contributed by atoms with Crippen molar-refractivity contribution in [2.45, 2.75) is 13.0 Å². The quantitative estimate of drug-likeness (QED) is 0.572. The fourth-order valence-corrected chi connectivity index (χ4v) is 2.76. The van der Waals surface area contributed by atoms with E-state index in [1.165, 1.54) is 10.8 Å². The largest absolute Gasteiger partial charge is 0.394 e. The van der Waals surface area contributed by atoms with Crippen LogP contribution in [-0.4, -0.2) is 40.8 Å². The van der Waals surface area contributed by atoms with E-state index in [1.54, 1.807) is 36.0 Å². The summed E-state index contributed by atoms with van der Waals surface area (Å²) in [6.45, 7) is 1.54. The Morgan fingerprint density at radius 2 is 2.28 bits per heavy atom. The maximum Gasteiger partial charge on any atom is 0.328 e. The molecule has 0 amide bonds. The zero-order chi connectivity index (χ0) is 17.6. The number of nitrogens with one attached hydrogen (secondary N) is 1. The highest BCUT2D eigenvalue weighted by Gasteiger charge is 2.17. The van der Waals surface area contributed by atoms with Gasteiger partial charge in [0.05, 0.1) is 47.8 Å². The van der Waals surface area contributed by atoms with Crippen molar-refractivity contribution in [3.05, 3.63) is 46.8 Å². The highest BCUT2D eigenvalue weighted by Crippen LogP contribution is 2.23. The molecule has 4 rings (SSSR count). The first-order valence-corrected chi connectivity index (χ1v) is 7.58. The van der Waals surface area contributed by atoms with Crippen LogP contribution >= 0.6 is 0 Å². The van der Waals surface area contributed by atoms with Crippen LogP contribution in [0.15, 0.2) is 35.5 Å². The summed E-state index contributed by atoms with van der Waals surface area (Å²) >= 11 is 0. The van der Waals surface area contributed by atoms with Gasteiger partial charge in [0.2, 0.25) is 0 Å². The molecule has 1 atom stereocenters. The van der Waals surface area contributed by atoms with E-state index in [0.29, 0.717) is 33.6 Å². The van der Waals surface area contributed by atoms with E-state index in [2.05, 4.69) is 26.1 Å². The third kappa shape index (κ3) is 2.28. The van der Waals surface area contributed by atoms with Gasteiger partial charge < -0.3 is 10.1 Å². The van der Waals surface area contributed by atoms with Gasteiger partial charge in [-0.05, 0) is 19.1 Å². The Kier molecular flexibility index (Phi) is 3.33. The molecule has 0 spiro atoms. The third-order valence-corrected chi connectivity index (χ3v) is 4.05. The summed E-state index contributed by atoms with van der Waals surface area (Å²) < 4.78 is 3.03. The molecule has 0 radical (unpaired) electrons. The zero-order valence-corrected chi connectivity index (χ0v) is 13.2. The molecule has 0 fully saturated rings. The number of imidazole rings is 1. The minimum atomic E-state index is -0.418. The second kappa shape index (κ2) is 5.54. The Morgan fingerprint density at radius 3 is 3.04 bits per heavy atom. The highest BCUT2D eigenvalue weighted by molar-refractivity contribution is 5.80. The molecule has 0 unspecified atom stereocenters. The van der Waals surface area contributed by atoms with Crippen LogP contribution in [0.2, 0.25) is 0 Å². The fraction of sp³-hybridized carbons (Fsp3) is 0.188. The molecule has 124 valence electrons.